The molecule has 1 aromatic rings. The van der Waals surface area contributed by atoms with Crippen LogP contribution in [-0.2, 0) is 6.54 Å². The molecule has 0 bridgehead atoms. The molecular weight excluding hydrogens is 413 g/mol. The van der Waals surface area contributed by atoms with Crippen LogP contribution in [0.4, 0.5) is 0 Å². The van der Waals surface area contributed by atoms with Crippen molar-refractivity contribution in [3.05, 3.63) is 29.6 Å². The van der Waals surface area contributed by atoms with Crippen LogP contribution < -0.4 is 10.6 Å². The topological polar surface area (TPSA) is 52.6 Å². The van der Waals surface area contributed by atoms with Crippen LogP contribution in [0.1, 0.15) is 44.0 Å². The van der Waals surface area contributed by atoms with E-state index in [1.807, 2.05) is 32.2 Å². The second-order valence-corrected chi connectivity index (χ2v) is 6.36. The number of guanidine groups is 1. The molecule has 24 heavy (non-hydrogen) atoms. The van der Waals surface area contributed by atoms with Crippen LogP contribution in [0.15, 0.2) is 23.2 Å². The third kappa shape index (κ3) is 7.34. The summed E-state index contributed by atoms with van der Waals surface area (Å²) in [6.07, 6.45) is 5.23. The summed E-state index contributed by atoms with van der Waals surface area (Å²) < 4.78 is 0. The van der Waals surface area contributed by atoms with E-state index in [0.29, 0.717) is 6.54 Å². The van der Waals surface area contributed by atoms with E-state index in [2.05, 4.69) is 32.4 Å². The Balaban J connectivity index is 0.00000288. The fourth-order valence-corrected chi connectivity index (χ4v) is 3.07. The first-order chi connectivity index (χ1) is 11.2. The first-order valence-electron chi connectivity index (χ1n) is 8.80. The molecule has 6 heteroatoms. The van der Waals surface area contributed by atoms with Crippen LogP contribution in [0.25, 0.3) is 0 Å². The minimum absolute atomic E-state index is 0. The van der Waals surface area contributed by atoms with Crippen LogP contribution >= 0.6 is 24.0 Å². The molecule has 0 radical (unpaired) electrons. The number of pyridine rings is 1. The molecule has 0 aromatic carbocycles. The van der Waals surface area contributed by atoms with Crippen molar-refractivity contribution in [2.24, 2.45) is 4.99 Å². The number of aliphatic imine (C=N–C) groups is 1. The molecule has 1 unspecified atom stereocenters. The zero-order chi connectivity index (χ0) is 16.5. The molecule has 2 heterocycles. The molecule has 1 aliphatic heterocycles. The molecule has 5 nitrogen and oxygen atoms in total. The lowest BCUT2D eigenvalue weighted by molar-refractivity contribution is 0.159. The number of aryl methyl sites for hydroxylation is 1. The maximum atomic E-state index is 4.49. The summed E-state index contributed by atoms with van der Waals surface area (Å²) in [5.41, 5.74) is 2.08. The van der Waals surface area contributed by atoms with Gasteiger partial charge >= 0.3 is 0 Å². The average Bonchev–Trinajstić information content (AvgIpc) is 2.56. The lowest BCUT2D eigenvalue weighted by Crippen LogP contribution is -2.41. The second kappa shape index (κ2) is 11.6. The van der Waals surface area contributed by atoms with Gasteiger partial charge in [0.25, 0.3) is 0 Å². The van der Waals surface area contributed by atoms with E-state index >= 15 is 0 Å². The number of rotatable bonds is 6. The Morgan fingerprint density at radius 1 is 1.33 bits per heavy atom. The first-order valence-corrected chi connectivity index (χ1v) is 8.80. The minimum atomic E-state index is 0. The van der Waals surface area contributed by atoms with Gasteiger partial charge < -0.3 is 15.5 Å². The lowest BCUT2D eigenvalue weighted by atomic mass is 10.0. The van der Waals surface area contributed by atoms with Gasteiger partial charge in [-0.2, -0.15) is 0 Å². The maximum absolute atomic E-state index is 4.49. The number of hydrogen-bond acceptors (Lipinski definition) is 3. The van der Waals surface area contributed by atoms with Gasteiger partial charge in [0, 0.05) is 31.9 Å². The number of piperidine rings is 1. The smallest absolute Gasteiger partial charge is 0.191 e. The van der Waals surface area contributed by atoms with Gasteiger partial charge in [0.05, 0.1) is 12.2 Å². The molecule has 2 N–H and O–H groups in total. The Bertz CT molecular complexity index is 506. The zero-order valence-corrected chi connectivity index (χ0v) is 17.5. The molecule has 1 atom stereocenters. The summed E-state index contributed by atoms with van der Waals surface area (Å²) in [7, 11) is 1.81. The van der Waals surface area contributed by atoms with E-state index in [-0.39, 0.29) is 24.0 Å². The highest BCUT2D eigenvalue weighted by atomic mass is 127. The third-order valence-corrected chi connectivity index (χ3v) is 4.46. The van der Waals surface area contributed by atoms with Gasteiger partial charge in [-0.05, 0) is 51.8 Å². The highest BCUT2D eigenvalue weighted by Crippen LogP contribution is 2.15. The number of hydrogen-bond donors (Lipinski definition) is 2. The summed E-state index contributed by atoms with van der Waals surface area (Å²) in [5.74, 6) is 0.847. The van der Waals surface area contributed by atoms with Gasteiger partial charge in [0.1, 0.15) is 0 Å². The largest absolute Gasteiger partial charge is 0.356 e. The van der Waals surface area contributed by atoms with Crippen molar-refractivity contribution in [3.8, 4) is 0 Å². The number of halogens is 1. The minimum Gasteiger partial charge on any atom is -0.356 e. The van der Waals surface area contributed by atoms with Gasteiger partial charge in [-0.3, -0.25) is 9.98 Å². The second-order valence-electron chi connectivity index (χ2n) is 6.36. The normalized spacial score (nSPS) is 18.8. The summed E-state index contributed by atoms with van der Waals surface area (Å²) >= 11 is 0. The van der Waals surface area contributed by atoms with Gasteiger partial charge in [0.2, 0.25) is 0 Å². The molecule has 0 aliphatic carbocycles. The fourth-order valence-electron chi connectivity index (χ4n) is 3.07. The predicted molar refractivity (Wildman–Crippen MR) is 112 cm³/mol. The molecule has 1 aromatic heterocycles. The number of likely N-dealkylation sites (tertiary alicyclic amines) is 1. The highest BCUT2D eigenvalue weighted by Gasteiger charge is 2.17. The highest BCUT2D eigenvalue weighted by molar-refractivity contribution is 14.0. The molecule has 0 amide bonds. The average molecular weight is 445 g/mol. The van der Waals surface area contributed by atoms with Gasteiger partial charge in [-0.1, -0.05) is 12.5 Å². The van der Waals surface area contributed by atoms with Crippen molar-refractivity contribution in [2.45, 2.75) is 52.1 Å². The molecule has 136 valence electrons. The summed E-state index contributed by atoms with van der Waals surface area (Å²) in [6, 6.07) is 6.83. The summed E-state index contributed by atoms with van der Waals surface area (Å²) in [5, 5.41) is 6.72. The van der Waals surface area contributed by atoms with E-state index in [1.54, 1.807) is 0 Å². The Labute approximate surface area is 163 Å². The van der Waals surface area contributed by atoms with Crippen molar-refractivity contribution in [1.82, 2.24) is 20.5 Å². The van der Waals surface area contributed by atoms with Crippen LogP contribution in [0, 0.1) is 6.92 Å². The monoisotopic (exact) mass is 445 g/mol. The Hall–Kier alpha value is -0.890. The van der Waals surface area contributed by atoms with Crippen LogP contribution in [-0.4, -0.2) is 48.6 Å². The first kappa shape index (κ1) is 21.2. The number of nitrogens with one attached hydrogen (secondary N) is 2. The molecule has 1 fully saturated rings. The van der Waals surface area contributed by atoms with Crippen LogP contribution in [0.5, 0.6) is 0 Å². The standard InChI is InChI=1S/C18H31N5.HI/c1-15-8-6-10-17(22-15)14-21-18(19-3)20-11-7-13-23-12-5-4-9-16(23)2;/h6,8,10,16H,4-5,7,9,11-14H2,1-3H3,(H2,19,20,21);1H. The molecular formula is C18H32IN5. The van der Waals surface area contributed by atoms with Crippen LogP contribution in [0.2, 0.25) is 0 Å². The van der Waals surface area contributed by atoms with Crippen molar-refractivity contribution in [2.75, 3.05) is 26.7 Å². The number of nitrogens with zero attached hydrogens (tertiary/aromatic N) is 3. The van der Waals surface area contributed by atoms with Crippen molar-refractivity contribution >= 4 is 29.9 Å². The number of aromatic nitrogens is 1. The maximum Gasteiger partial charge on any atom is 0.191 e. The van der Waals surface area contributed by atoms with E-state index < -0.39 is 0 Å². The quantitative estimate of drug-likeness (QED) is 0.306. The van der Waals surface area contributed by atoms with Crippen LogP contribution in [0.3, 0.4) is 0 Å². The van der Waals surface area contributed by atoms with Gasteiger partial charge in [-0.25, -0.2) is 0 Å². The van der Waals surface area contributed by atoms with Crippen molar-refractivity contribution in [1.29, 1.82) is 0 Å². The van der Waals surface area contributed by atoms with E-state index in [9.17, 15) is 0 Å². The fraction of sp³-hybridized carbons (Fsp3) is 0.667. The van der Waals surface area contributed by atoms with Gasteiger partial charge in [-0.15, -0.1) is 24.0 Å². The predicted octanol–water partition coefficient (Wildman–Crippen LogP) is 2.94. The SMILES string of the molecule is CN=C(NCCCN1CCCCC1C)NCc1cccc(C)n1.I. The molecule has 0 saturated carbocycles. The molecule has 1 aliphatic rings. The van der Waals surface area contributed by atoms with E-state index in [1.165, 1.54) is 32.4 Å². The third-order valence-electron chi connectivity index (χ3n) is 4.46. The molecule has 0 spiro atoms. The van der Waals surface area contributed by atoms with Gasteiger partial charge in [0.15, 0.2) is 5.96 Å². The zero-order valence-electron chi connectivity index (χ0n) is 15.2. The Kier molecular flexibility index (Phi) is 10.2. The Morgan fingerprint density at radius 2 is 2.17 bits per heavy atom. The summed E-state index contributed by atoms with van der Waals surface area (Å²) in [6.45, 7) is 8.44. The van der Waals surface area contributed by atoms with Crippen molar-refractivity contribution in [3.63, 3.8) is 0 Å². The van der Waals surface area contributed by atoms with E-state index in [0.717, 1.165) is 36.4 Å². The molecule has 2 rings (SSSR count). The summed E-state index contributed by atoms with van der Waals surface area (Å²) in [4.78, 5) is 11.4. The Morgan fingerprint density at radius 3 is 2.88 bits per heavy atom. The lowest BCUT2D eigenvalue weighted by Gasteiger charge is -2.33. The van der Waals surface area contributed by atoms with E-state index in [4.69, 9.17) is 0 Å². The molecule has 1 saturated heterocycles. The van der Waals surface area contributed by atoms with Crippen molar-refractivity contribution < 1.29 is 0 Å².